The van der Waals surface area contributed by atoms with E-state index in [-0.39, 0.29) is 0 Å². The largest absolute Gasteiger partial charge is 0.294 e. The average molecular weight is 260 g/mol. The monoisotopic (exact) mass is 260 g/mol. The van der Waals surface area contributed by atoms with E-state index in [0.717, 1.165) is 29.7 Å². The SMILES string of the molecule is O=C(CC12CC3CC(CC(C3)C1)C2)c1ccsc1. The summed E-state index contributed by atoms with van der Waals surface area (Å²) in [6.45, 7) is 0. The first kappa shape index (κ1) is 11.2. The molecule has 0 aromatic carbocycles. The highest BCUT2D eigenvalue weighted by molar-refractivity contribution is 7.08. The molecule has 1 heterocycles. The molecular weight excluding hydrogens is 240 g/mol. The first-order valence-electron chi connectivity index (χ1n) is 7.28. The van der Waals surface area contributed by atoms with E-state index in [1.807, 2.05) is 16.8 Å². The minimum absolute atomic E-state index is 0.397. The van der Waals surface area contributed by atoms with Crippen LogP contribution in [0.4, 0.5) is 0 Å². The molecule has 4 saturated carbocycles. The molecule has 0 spiro atoms. The van der Waals surface area contributed by atoms with Gasteiger partial charge < -0.3 is 0 Å². The second-order valence-corrected chi connectivity index (χ2v) is 7.81. The van der Waals surface area contributed by atoms with Gasteiger partial charge in [0, 0.05) is 17.4 Å². The van der Waals surface area contributed by atoms with Crippen molar-refractivity contribution in [3.05, 3.63) is 22.4 Å². The maximum atomic E-state index is 12.4. The molecule has 1 nitrogen and oxygen atoms in total. The van der Waals surface area contributed by atoms with E-state index in [1.165, 1.54) is 38.5 Å². The van der Waals surface area contributed by atoms with E-state index >= 15 is 0 Å². The molecule has 2 heteroatoms. The molecule has 96 valence electrons. The van der Waals surface area contributed by atoms with Gasteiger partial charge in [0.15, 0.2) is 5.78 Å². The summed E-state index contributed by atoms with van der Waals surface area (Å²) in [6, 6.07) is 1.99. The van der Waals surface area contributed by atoms with Gasteiger partial charge in [0.2, 0.25) is 0 Å². The Morgan fingerprint density at radius 2 is 1.78 bits per heavy atom. The van der Waals surface area contributed by atoms with Crippen LogP contribution >= 0.6 is 11.3 Å². The van der Waals surface area contributed by atoms with Crippen LogP contribution in [-0.4, -0.2) is 5.78 Å². The molecule has 18 heavy (non-hydrogen) atoms. The fourth-order valence-electron chi connectivity index (χ4n) is 5.37. The molecule has 0 atom stereocenters. The van der Waals surface area contributed by atoms with Crippen molar-refractivity contribution in [2.24, 2.45) is 23.2 Å². The molecule has 0 aliphatic heterocycles. The lowest BCUT2D eigenvalue weighted by atomic mass is 9.48. The second-order valence-electron chi connectivity index (χ2n) is 7.03. The van der Waals surface area contributed by atoms with E-state index in [9.17, 15) is 4.79 Å². The van der Waals surface area contributed by atoms with Crippen LogP contribution in [0.5, 0.6) is 0 Å². The Morgan fingerprint density at radius 1 is 1.17 bits per heavy atom. The molecule has 0 saturated heterocycles. The standard InChI is InChI=1S/C16H20OS/c17-15(14-1-2-18-10-14)9-16-6-11-3-12(7-16)5-13(4-11)8-16/h1-2,10-13H,3-9H2. The Hall–Kier alpha value is -0.630. The molecular formula is C16H20OS. The van der Waals surface area contributed by atoms with E-state index in [0.29, 0.717) is 11.2 Å². The van der Waals surface area contributed by atoms with Crippen LogP contribution in [0.15, 0.2) is 16.8 Å². The van der Waals surface area contributed by atoms with Gasteiger partial charge in [0.1, 0.15) is 0 Å². The molecule has 0 amide bonds. The number of thiophene rings is 1. The zero-order valence-corrected chi connectivity index (χ0v) is 11.5. The van der Waals surface area contributed by atoms with Gasteiger partial charge in [-0.1, -0.05) is 0 Å². The highest BCUT2D eigenvalue weighted by Crippen LogP contribution is 2.61. The predicted octanol–water partition coefficient (Wildman–Crippen LogP) is 4.54. The van der Waals surface area contributed by atoms with Gasteiger partial charge >= 0.3 is 0 Å². The fraction of sp³-hybridized carbons (Fsp3) is 0.688. The quantitative estimate of drug-likeness (QED) is 0.729. The Balaban J connectivity index is 1.56. The highest BCUT2D eigenvalue weighted by Gasteiger charge is 2.51. The zero-order chi connectivity index (χ0) is 12.2. The minimum Gasteiger partial charge on any atom is -0.294 e. The lowest BCUT2D eigenvalue weighted by Crippen LogP contribution is -2.46. The summed E-state index contributed by atoms with van der Waals surface area (Å²) in [4.78, 5) is 12.4. The van der Waals surface area contributed by atoms with E-state index in [2.05, 4.69) is 0 Å². The Morgan fingerprint density at radius 3 is 2.28 bits per heavy atom. The molecule has 5 rings (SSSR count). The summed E-state index contributed by atoms with van der Waals surface area (Å²) in [5.74, 6) is 3.25. The number of ketones is 1. The number of carbonyl (C=O) groups is 1. The van der Waals surface area contributed by atoms with Gasteiger partial charge in [-0.2, -0.15) is 11.3 Å². The van der Waals surface area contributed by atoms with E-state index < -0.39 is 0 Å². The maximum absolute atomic E-state index is 12.4. The van der Waals surface area contributed by atoms with Crippen molar-refractivity contribution in [2.45, 2.75) is 44.9 Å². The average Bonchev–Trinajstić information content (AvgIpc) is 2.79. The van der Waals surface area contributed by atoms with Crippen LogP contribution in [0.25, 0.3) is 0 Å². The summed E-state index contributed by atoms with van der Waals surface area (Å²) in [5.41, 5.74) is 1.35. The number of carbonyl (C=O) groups excluding carboxylic acids is 1. The molecule has 0 radical (unpaired) electrons. The Kier molecular flexibility index (Phi) is 2.45. The van der Waals surface area contributed by atoms with Crippen LogP contribution < -0.4 is 0 Å². The van der Waals surface area contributed by atoms with Crippen LogP contribution in [0.1, 0.15) is 55.3 Å². The Bertz CT molecular complexity index is 424. The molecule has 4 aliphatic rings. The summed E-state index contributed by atoms with van der Waals surface area (Å²) >= 11 is 1.64. The summed E-state index contributed by atoms with van der Waals surface area (Å²) < 4.78 is 0. The smallest absolute Gasteiger partial charge is 0.164 e. The molecule has 0 N–H and O–H groups in total. The summed E-state index contributed by atoms with van der Waals surface area (Å²) in [5, 5.41) is 4.04. The van der Waals surface area contributed by atoms with Crippen molar-refractivity contribution in [3.8, 4) is 0 Å². The third kappa shape index (κ3) is 1.77. The maximum Gasteiger partial charge on any atom is 0.164 e. The minimum atomic E-state index is 0.397. The lowest BCUT2D eigenvalue weighted by molar-refractivity contribution is -0.0524. The predicted molar refractivity (Wildman–Crippen MR) is 73.9 cm³/mol. The molecule has 4 fully saturated rings. The zero-order valence-electron chi connectivity index (χ0n) is 10.7. The molecule has 1 aromatic heterocycles. The molecule has 1 aromatic rings. The van der Waals surface area contributed by atoms with Gasteiger partial charge in [0.05, 0.1) is 0 Å². The highest BCUT2D eigenvalue weighted by atomic mass is 32.1. The number of Topliss-reactive ketones (excluding diaryl/α,β-unsaturated/α-hetero) is 1. The summed E-state index contributed by atoms with van der Waals surface area (Å²) in [6.07, 6.45) is 9.25. The van der Waals surface area contributed by atoms with Gasteiger partial charge in [-0.15, -0.1) is 0 Å². The van der Waals surface area contributed by atoms with E-state index in [1.54, 1.807) is 11.3 Å². The van der Waals surface area contributed by atoms with Crippen LogP contribution in [-0.2, 0) is 0 Å². The second kappa shape index (κ2) is 3.93. The first-order chi connectivity index (χ1) is 8.72. The normalized spacial score (nSPS) is 41.2. The van der Waals surface area contributed by atoms with Crippen LogP contribution in [0.3, 0.4) is 0 Å². The van der Waals surface area contributed by atoms with Crippen molar-refractivity contribution in [1.82, 2.24) is 0 Å². The molecule has 0 unspecified atom stereocenters. The number of hydrogen-bond acceptors (Lipinski definition) is 2. The first-order valence-corrected chi connectivity index (χ1v) is 8.22. The topological polar surface area (TPSA) is 17.1 Å². The van der Waals surface area contributed by atoms with Gasteiger partial charge in [-0.25, -0.2) is 0 Å². The van der Waals surface area contributed by atoms with Crippen molar-refractivity contribution < 1.29 is 4.79 Å². The number of hydrogen-bond donors (Lipinski definition) is 0. The van der Waals surface area contributed by atoms with Crippen molar-refractivity contribution in [3.63, 3.8) is 0 Å². The third-order valence-corrected chi connectivity index (χ3v) is 6.23. The van der Waals surface area contributed by atoms with Crippen molar-refractivity contribution in [1.29, 1.82) is 0 Å². The molecule has 4 bridgehead atoms. The van der Waals surface area contributed by atoms with Crippen LogP contribution in [0, 0.1) is 23.2 Å². The van der Waals surface area contributed by atoms with Crippen molar-refractivity contribution in [2.75, 3.05) is 0 Å². The van der Waals surface area contributed by atoms with Crippen LogP contribution in [0.2, 0.25) is 0 Å². The van der Waals surface area contributed by atoms with Gasteiger partial charge in [-0.3, -0.25) is 4.79 Å². The van der Waals surface area contributed by atoms with E-state index in [4.69, 9.17) is 0 Å². The third-order valence-electron chi connectivity index (χ3n) is 5.54. The van der Waals surface area contributed by atoms with Gasteiger partial charge in [-0.05, 0) is 73.1 Å². The van der Waals surface area contributed by atoms with Gasteiger partial charge in [0.25, 0.3) is 0 Å². The van der Waals surface area contributed by atoms with Crippen molar-refractivity contribution >= 4 is 17.1 Å². The summed E-state index contributed by atoms with van der Waals surface area (Å²) in [7, 11) is 0. The molecule has 4 aliphatic carbocycles. The fourth-order valence-corrected chi connectivity index (χ4v) is 6.03. The number of rotatable bonds is 3. The Labute approximate surface area is 113 Å². The lowest BCUT2D eigenvalue weighted by Gasteiger charge is -2.56.